The normalized spacial score (nSPS) is 10.1. The topological polar surface area (TPSA) is 84.2 Å². The molecule has 1 aromatic rings. The van der Waals surface area contributed by atoms with Gasteiger partial charge in [-0.1, -0.05) is 11.8 Å². The molecule has 0 fully saturated rings. The van der Waals surface area contributed by atoms with E-state index in [1.807, 2.05) is 4.57 Å². The fourth-order valence-corrected chi connectivity index (χ4v) is 1.79. The Morgan fingerprint density at radius 2 is 2.38 bits per heavy atom. The lowest BCUT2D eigenvalue weighted by molar-refractivity contribution is -0.133. The molecule has 0 aliphatic carbocycles. The number of hydrogen-bond donors (Lipinski definition) is 2. The third kappa shape index (κ3) is 4.35. The first kappa shape index (κ1) is 12.6. The highest BCUT2D eigenvalue weighted by Gasteiger charge is 2.06. The number of aromatic nitrogens is 2. The van der Waals surface area contributed by atoms with Gasteiger partial charge in [-0.3, -0.25) is 9.59 Å². The second-order valence-corrected chi connectivity index (χ2v) is 4.01. The van der Waals surface area contributed by atoms with Crippen LogP contribution in [-0.2, 0) is 16.1 Å². The monoisotopic (exact) mass is 243 g/mol. The molecule has 88 valence electrons. The summed E-state index contributed by atoms with van der Waals surface area (Å²) in [5.74, 6) is -0.974. The SMILES string of the molecule is CC(=O)NCCn1ccnc1SCC(=O)O. The van der Waals surface area contributed by atoms with E-state index in [9.17, 15) is 9.59 Å². The highest BCUT2D eigenvalue weighted by atomic mass is 32.2. The summed E-state index contributed by atoms with van der Waals surface area (Å²) in [6, 6.07) is 0. The molecule has 1 rings (SSSR count). The minimum Gasteiger partial charge on any atom is -0.481 e. The first-order chi connectivity index (χ1) is 7.59. The zero-order valence-corrected chi connectivity index (χ0v) is 9.66. The molecular formula is C9H13N3O3S. The van der Waals surface area contributed by atoms with Crippen molar-refractivity contribution in [3.05, 3.63) is 12.4 Å². The fourth-order valence-electron chi connectivity index (χ4n) is 1.08. The van der Waals surface area contributed by atoms with E-state index in [4.69, 9.17) is 5.11 Å². The average molecular weight is 243 g/mol. The van der Waals surface area contributed by atoms with Crippen LogP contribution in [0, 0.1) is 0 Å². The zero-order valence-electron chi connectivity index (χ0n) is 8.84. The summed E-state index contributed by atoms with van der Waals surface area (Å²) in [6.45, 7) is 2.54. The Bertz CT molecular complexity index is 378. The number of nitrogens with zero attached hydrogens (tertiary/aromatic N) is 2. The third-order valence-electron chi connectivity index (χ3n) is 1.73. The van der Waals surface area contributed by atoms with Crippen molar-refractivity contribution >= 4 is 23.6 Å². The lowest BCUT2D eigenvalue weighted by Crippen LogP contribution is -2.24. The number of carboxylic acid groups (broad SMARTS) is 1. The molecule has 0 bridgehead atoms. The number of imidazole rings is 1. The number of carbonyl (C=O) groups excluding carboxylic acids is 1. The molecule has 0 unspecified atom stereocenters. The van der Waals surface area contributed by atoms with Gasteiger partial charge in [-0.05, 0) is 0 Å². The summed E-state index contributed by atoms with van der Waals surface area (Å²) in [5, 5.41) is 11.8. The van der Waals surface area contributed by atoms with Crippen LogP contribution in [0.4, 0.5) is 0 Å². The Morgan fingerprint density at radius 1 is 1.62 bits per heavy atom. The number of carboxylic acids is 1. The molecule has 0 spiro atoms. The molecule has 6 nitrogen and oxygen atoms in total. The molecule has 7 heteroatoms. The highest BCUT2D eigenvalue weighted by molar-refractivity contribution is 7.99. The van der Waals surface area contributed by atoms with Crippen molar-refractivity contribution < 1.29 is 14.7 Å². The molecule has 0 aliphatic heterocycles. The summed E-state index contributed by atoms with van der Waals surface area (Å²) < 4.78 is 1.81. The van der Waals surface area contributed by atoms with Crippen LogP contribution < -0.4 is 5.32 Å². The number of rotatable bonds is 6. The van der Waals surface area contributed by atoms with Gasteiger partial charge in [-0.15, -0.1) is 0 Å². The largest absolute Gasteiger partial charge is 0.481 e. The maximum absolute atomic E-state index is 10.7. The summed E-state index contributed by atoms with van der Waals surface area (Å²) in [6.07, 6.45) is 3.37. The highest BCUT2D eigenvalue weighted by Crippen LogP contribution is 2.14. The molecule has 0 atom stereocenters. The Balaban J connectivity index is 2.43. The predicted molar refractivity (Wildman–Crippen MR) is 59.3 cm³/mol. The van der Waals surface area contributed by atoms with Crippen molar-refractivity contribution in [2.24, 2.45) is 0 Å². The molecule has 16 heavy (non-hydrogen) atoms. The molecule has 1 heterocycles. The van der Waals surface area contributed by atoms with Gasteiger partial charge in [-0.2, -0.15) is 0 Å². The first-order valence-corrected chi connectivity index (χ1v) is 5.68. The molecular weight excluding hydrogens is 230 g/mol. The van der Waals surface area contributed by atoms with Gasteiger partial charge >= 0.3 is 5.97 Å². The number of amides is 1. The average Bonchev–Trinajstić information content (AvgIpc) is 2.62. The minimum atomic E-state index is -0.874. The number of hydrogen-bond acceptors (Lipinski definition) is 4. The maximum atomic E-state index is 10.7. The van der Waals surface area contributed by atoms with E-state index in [1.54, 1.807) is 12.4 Å². The zero-order chi connectivity index (χ0) is 12.0. The van der Waals surface area contributed by atoms with Crippen LogP contribution in [0.15, 0.2) is 17.6 Å². The Kier molecular flexibility index (Phi) is 4.84. The molecule has 0 saturated carbocycles. The third-order valence-corrected chi connectivity index (χ3v) is 2.72. The van der Waals surface area contributed by atoms with Crippen LogP contribution in [0.2, 0.25) is 0 Å². The van der Waals surface area contributed by atoms with E-state index >= 15 is 0 Å². The van der Waals surface area contributed by atoms with Gasteiger partial charge in [0.25, 0.3) is 0 Å². The van der Waals surface area contributed by atoms with Crippen molar-refractivity contribution in [2.75, 3.05) is 12.3 Å². The van der Waals surface area contributed by atoms with Crippen molar-refractivity contribution in [1.82, 2.24) is 14.9 Å². The molecule has 0 aliphatic rings. The molecule has 0 radical (unpaired) electrons. The van der Waals surface area contributed by atoms with Gasteiger partial charge in [0.15, 0.2) is 5.16 Å². The van der Waals surface area contributed by atoms with Crippen LogP contribution in [0.5, 0.6) is 0 Å². The van der Waals surface area contributed by atoms with Gasteiger partial charge < -0.3 is 15.0 Å². The van der Waals surface area contributed by atoms with E-state index in [0.717, 1.165) is 11.8 Å². The molecule has 2 N–H and O–H groups in total. The van der Waals surface area contributed by atoms with Crippen LogP contribution >= 0.6 is 11.8 Å². The fraction of sp³-hybridized carbons (Fsp3) is 0.444. The smallest absolute Gasteiger partial charge is 0.313 e. The second-order valence-electron chi connectivity index (χ2n) is 3.07. The van der Waals surface area contributed by atoms with E-state index in [1.165, 1.54) is 6.92 Å². The van der Waals surface area contributed by atoms with Crippen molar-refractivity contribution in [2.45, 2.75) is 18.6 Å². The Labute approximate surface area is 97.1 Å². The summed E-state index contributed by atoms with van der Waals surface area (Å²) in [7, 11) is 0. The quantitative estimate of drug-likeness (QED) is 0.697. The van der Waals surface area contributed by atoms with E-state index in [0.29, 0.717) is 18.2 Å². The van der Waals surface area contributed by atoms with E-state index in [2.05, 4.69) is 10.3 Å². The van der Waals surface area contributed by atoms with Gasteiger partial charge in [0, 0.05) is 32.4 Å². The summed E-state index contributed by atoms with van der Waals surface area (Å²) >= 11 is 1.16. The predicted octanol–water partition coefficient (Wildman–Crippen LogP) is 0.196. The molecule has 0 aromatic carbocycles. The summed E-state index contributed by atoms with van der Waals surface area (Å²) in [5.41, 5.74) is 0. The number of nitrogens with one attached hydrogen (secondary N) is 1. The number of carbonyl (C=O) groups is 2. The van der Waals surface area contributed by atoms with Gasteiger partial charge in [0.1, 0.15) is 0 Å². The lowest BCUT2D eigenvalue weighted by Gasteiger charge is -2.06. The van der Waals surface area contributed by atoms with Gasteiger partial charge in [0.05, 0.1) is 5.75 Å². The van der Waals surface area contributed by atoms with E-state index in [-0.39, 0.29) is 11.7 Å². The lowest BCUT2D eigenvalue weighted by atomic mass is 10.5. The first-order valence-electron chi connectivity index (χ1n) is 4.69. The molecule has 0 saturated heterocycles. The second kappa shape index (κ2) is 6.16. The van der Waals surface area contributed by atoms with E-state index < -0.39 is 5.97 Å². The summed E-state index contributed by atoms with van der Waals surface area (Å²) in [4.78, 5) is 25.1. The standard InChI is InChI=1S/C9H13N3O3S/c1-7(13)10-2-4-12-5-3-11-9(12)16-6-8(14)15/h3,5H,2,4,6H2,1H3,(H,10,13)(H,14,15). The van der Waals surface area contributed by atoms with Crippen LogP contribution in [0.1, 0.15) is 6.92 Å². The van der Waals surface area contributed by atoms with Gasteiger partial charge in [0.2, 0.25) is 5.91 Å². The van der Waals surface area contributed by atoms with Gasteiger partial charge in [-0.25, -0.2) is 4.98 Å². The van der Waals surface area contributed by atoms with Crippen LogP contribution in [-0.4, -0.2) is 38.8 Å². The van der Waals surface area contributed by atoms with Crippen molar-refractivity contribution in [3.8, 4) is 0 Å². The maximum Gasteiger partial charge on any atom is 0.313 e. The van der Waals surface area contributed by atoms with Crippen molar-refractivity contribution in [1.29, 1.82) is 0 Å². The Morgan fingerprint density at radius 3 is 3.00 bits per heavy atom. The number of thioether (sulfide) groups is 1. The Hall–Kier alpha value is -1.50. The molecule has 1 amide bonds. The molecule has 1 aromatic heterocycles. The number of aliphatic carboxylic acids is 1. The van der Waals surface area contributed by atoms with Crippen molar-refractivity contribution in [3.63, 3.8) is 0 Å². The van der Waals surface area contributed by atoms with Crippen LogP contribution in [0.3, 0.4) is 0 Å². The van der Waals surface area contributed by atoms with Crippen LogP contribution in [0.25, 0.3) is 0 Å². The minimum absolute atomic E-state index is 0.0167.